The van der Waals surface area contributed by atoms with Gasteiger partial charge in [0.1, 0.15) is 18.2 Å². The molecule has 0 aliphatic rings. The van der Waals surface area contributed by atoms with Gasteiger partial charge in [0, 0.05) is 5.56 Å². The summed E-state index contributed by atoms with van der Waals surface area (Å²) < 4.78 is 24.3. The summed E-state index contributed by atoms with van der Waals surface area (Å²) in [6.45, 7) is 3.94. The molecule has 2 aromatic carbocycles. The van der Waals surface area contributed by atoms with E-state index in [0.29, 0.717) is 16.5 Å². The number of ether oxygens (including phenoxy) is 2. The zero-order valence-corrected chi connectivity index (χ0v) is 14.5. The van der Waals surface area contributed by atoms with Gasteiger partial charge in [-0.05, 0) is 48.7 Å². The number of amides is 1. The summed E-state index contributed by atoms with van der Waals surface area (Å²) in [5.41, 5.74) is 2.70. The van der Waals surface area contributed by atoms with Crippen LogP contribution in [0.1, 0.15) is 23.6 Å². The van der Waals surface area contributed by atoms with E-state index in [-0.39, 0.29) is 12.2 Å². The second-order valence-corrected chi connectivity index (χ2v) is 5.64. The summed E-state index contributed by atoms with van der Waals surface area (Å²) >= 11 is 6.22. The highest BCUT2D eigenvalue weighted by Gasteiger charge is 2.13. The fraction of sp³-hybridized carbons (Fsp3) is 0.278. The van der Waals surface area contributed by atoms with Crippen molar-refractivity contribution >= 4 is 23.4 Å². The van der Waals surface area contributed by atoms with Gasteiger partial charge in [0.15, 0.2) is 0 Å². The number of hydrogen-bond acceptors (Lipinski definition) is 3. The molecule has 0 atom stereocenters. The van der Waals surface area contributed by atoms with Crippen molar-refractivity contribution in [1.29, 1.82) is 0 Å². The molecule has 0 fully saturated rings. The number of carbonyl (C=O) groups is 1. The Morgan fingerprint density at radius 2 is 2.08 bits per heavy atom. The van der Waals surface area contributed by atoms with E-state index in [0.717, 1.165) is 17.5 Å². The van der Waals surface area contributed by atoms with Crippen LogP contribution in [0.25, 0.3) is 0 Å². The minimum atomic E-state index is -0.678. The maximum Gasteiger partial charge on any atom is 0.411 e. The standard InChI is InChI=1S/C18H19ClFNO3/c1-4-12-9-14(19)17(8-11(12)2)24-10-13-15(20)6-5-7-16(13)21-18(22)23-3/h5-9H,4,10H2,1-3H3,(H,21,22). The largest absolute Gasteiger partial charge is 0.487 e. The van der Waals surface area contributed by atoms with Crippen molar-refractivity contribution in [3.63, 3.8) is 0 Å². The summed E-state index contributed by atoms with van der Waals surface area (Å²) in [5, 5.41) is 2.94. The first-order valence-corrected chi connectivity index (χ1v) is 7.88. The molecule has 0 aliphatic carbocycles. The molecule has 24 heavy (non-hydrogen) atoms. The first kappa shape index (κ1) is 18.1. The number of carbonyl (C=O) groups excluding carboxylic acids is 1. The average Bonchev–Trinajstić information content (AvgIpc) is 2.56. The van der Waals surface area contributed by atoms with Crippen LogP contribution in [0, 0.1) is 12.7 Å². The maximum atomic E-state index is 14.1. The van der Waals surface area contributed by atoms with Gasteiger partial charge in [0.2, 0.25) is 0 Å². The Kier molecular flexibility index (Phi) is 6.04. The highest BCUT2D eigenvalue weighted by Crippen LogP contribution is 2.30. The molecule has 0 radical (unpaired) electrons. The normalized spacial score (nSPS) is 10.4. The molecule has 0 saturated carbocycles. The van der Waals surface area contributed by atoms with Crippen LogP contribution in [0.15, 0.2) is 30.3 Å². The lowest BCUT2D eigenvalue weighted by atomic mass is 10.1. The molecule has 128 valence electrons. The quantitative estimate of drug-likeness (QED) is 0.814. The predicted molar refractivity (Wildman–Crippen MR) is 92.3 cm³/mol. The Morgan fingerprint density at radius 1 is 1.33 bits per heavy atom. The van der Waals surface area contributed by atoms with E-state index in [2.05, 4.69) is 10.1 Å². The van der Waals surface area contributed by atoms with Crippen molar-refractivity contribution in [1.82, 2.24) is 0 Å². The van der Waals surface area contributed by atoms with Crippen molar-refractivity contribution in [3.05, 3.63) is 57.9 Å². The van der Waals surface area contributed by atoms with Gasteiger partial charge in [-0.1, -0.05) is 24.6 Å². The number of halogens is 2. The van der Waals surface area contributed by atoms with Crippen LogP contribution in [-0.2, 0) is 17.8 Å². The lowest BCUT2D eigenvalue weighted by Gasteiger charge is -2.14. The number of hydrogen-bond donors (Lipinski definition) is 1. The van der Waals surface area contributed by atoms with E-state index >= 15 is 0 Å². The topological polar surface area (TPSA) is 47.6 Å². The third kappa shape index (κ3) is 4.17. The zero-order chi connectivity index (χ0) is 17.7. The summed E-state index contributed by atoms with van der Waals surface area (Å²) in [5.74, 6) is -0.0134. The molecule has 0 heterocycles. The van der Waals surface area contributed by atoms with Crippen LogP contribution >= 0.6 is 11.6 Å². The zero-order valence-electron chi connectivity index (χ0n) is 13.8. The molecule has 1 N–H and O–H groups in total. The maximum absolute atomic E-state index is 14.1. The van der Waals surface area contributed by atoms with E-state index in [1.807, 2.05) is 26.0 Å². The highest BCUT2D eigenvalue weighted by molar-refractivity contribution is 6.32. The molecule has 4 nitrogen and oxygen atoms in total. The van der Waals surface area contributed by atoms with Crippen LogP contribution in [0.5, 0.6) is 5.75 Å². The second-order valence-electron chi connectivity index (χ2n) is 5.23. The van der Waals surface area contributed by atoms with E-state index in [4.69, 9.17) is 16.3 Å². The minimum Gasteiger partial charge on any atom is -0.487 e. The molecular weight excluding hydrogens is 333 g/mol. The first-order chi connectivity index (χ1) is 11.5. The van der Waals surface area contributed by atoms with Crippen LogP contribution in [-0.4, -0.2) is 13.2 Å². The van der Waals surface area contributed by atoms with E-state index in [1.54, 1.807) is 6.07 Å². The van der Waals surface area contributed by atoms with Crippen LogP contribution in [0.4, 0.5) is 14.9 Å². The van der Waals surface area contributed by atoms with Crippen molar-refractivity contribution in [2.24, 2.45) is 0 Å². The fourth-order valence-electron chi connectivity index (χ4n) is 2.32. The summed E-state index contributed by atoms with van der Waals surface area (Å²) in [7, 11) is 1.24. The smallest absolute Gasteiger partial charge is 0.411 e. The third-order valence-corrected chi connectivity index (χ3v) is 3.98. The summed E-state index contributed by atoms with van der Waals surface area (Å²) in [6, 6.07) is 8.05. The Hall–Kier alpha value is -2.27. The van der Waals surface area contributed by atoms with Crippen molar-refractivity contribution < 1.29 is 18.7 Å². The minimum absolute atomic E-state index is 0.0728. The van der Waals surface area contributed by atoms with Gasteiger partial charge >= 0.3 is 6.09 Å². The van der Waals surface area contributed by atoms with Crippen molar-refractivity contribution in [3.8, 4) is 5.75 Å². The van der Waals surface area contributed by atoms with Gasteiger partial charge in [-0.2, -0.15) is 0 Å². The molecule has 1 amide bonds. The van der Waals surface area contributed by atoms with Gasteiger partial charge in [0.05, 0.1) is 17.8 Å². The van der Waals surface area contributed by atoms with Gasteiger partial charge < -0.3 is 9.47 Å². The number of nitrogens with one attached hydrogen (secondary N) is 1. The Morgan fingerprint density at radius 3 is 2.75 bits per heavy atom. The molecule has 6 heteroatoms. The van der Waals surface area contributed by atoms with Crippen LogP contribution in [0.2, 0.25) is 5.02 Å². The van der Waals surface area contributed by atoms with E-state index in [1.165, 1.54) is 19.2 Å². The van der Waals surface area contributed by atoms with Gasteiger partial charge in [-0.25, -0.2) is 9.18 Å². The Balaban J connectivity index is 2.23. The number of rotatable bonds is 5. The highest BCUT2D eigenvalue weighted by atomic mass is 35.5. The molecule has 0 unspecified atom stereocenters. The third-order valence-electron chi connectivity index (χ3n) is 3.68. The van der Waals surface area contributed by atoms with Crippen molar-refractivity contribution in [2.75, 3.05) is 12.4 Å². The predicted octanol–water partition coefficient (Wildman–Crippen LogP) is 5.11. The Bertz CT molecular complexity index is 749. The van der Waals surface area contributed by atoms with E-state index in [9.17, 15) is 9.18 Å². The average molecular weight is 352 g/mol. The number of aryl methyl sites for hydroxylation is 2. The van der Waals surface area contributed by atoms with Crippen LogP contribution < -0.4 is 10.1 Å². The second kappa shape index (κ2) is 8.02. The number of benzene rings is 2. The van der Waals surface area contributed by atoms with E-state index < -0.39 is 11.9 Å². The molecule has 2 rings (SSSR count). The molecule has 0 bridgehead atoms. The monoisotopic (exact) mass is 351 g/mol. The first-order valence-electron chi connectivity index (χ1n) is 7.50. The molecule has 2 aromatic rings. The molecule has 0 aromatic heterocycles. The van der Waals surface area contributed by atoms with Crippen molar-refractivity contribution in [2.45, 2.75) is 26.9 Å². The SMILES string of the molecule is CCc1cc(Cl)c(OCc2c(F)cccc2NC(=O)OC)cc1C. The Labute approximate surface area is 145 Å². The summed E-state index contributed by atoms with van der Waals surface area (Å²) in [6.07, 6.45) is 0.190. The molecule has 0 saturated heterocycles. The molecular formula is C18H19ClFNO3. The van der Waals surface area contributed by atoms with Gasteiger partial charge in [0.25, 0.3) is 0 Å². The van der Waals surface area contributed by atoms with Gasteiger partial charge in [-0.15, -0.1) is 0 Å². The molecule has 0 spiro atoms. The fourth-order valence-corrected chi connectivity index (χ4v) is 2.56. The number of methoxy groups -OCH3 is 1. The lowest BCUT2D eigenvalue weighted by molar-refractivity contribution is 0.187. The lowest BCUT2D eigenvalue weighted by Crippen LogP contribution is -2.14. The van der Waals surface area contributed by atoms with Gasteiger partial charge in [-0.3, -0.25) is 5.32 Å². The number of anilines is 1. The van der Waals surface area contributed by atoms with Crippen LogP contribution in [0.3, 0.4) is 0 Å². The molecule has 0 aliphatic heterocycles. The summed E-state index contributed by atoms with van der Waals surface area (Å²) in [4.78, 5) is 11.4.